The van der Waals surface area contributed by atoms with E-state index in [1.807, 2.05) is 13.0 Å². The molecule has 0 saturated heterocycles. The van der Waals surface area contributed by atoms with Crippen LogP contribution < -0.4 is 5.73 Å². The third-order valence-corrected chi connectivity index (χ3v) is 3.47. The molecule has 4 nitrogen and oxygen atoms in total. The summed E-state index contributed by atoms with van der Waals surface area (Å²) in [6, 6.07) is 10.4. The first-order chi connectivity index (χ1) is 8.71. The second kappa shape index (κ2) is 4.21. The first-order valence-corrected chi connectivity index (χ1v) is 6.35. The molecule has 2 N–H and O–H groups in total. The van der Waals surface area contributed by atoms with Crippen LogP contribution >= 0.6 is 0 Å². The van der Waals surface area contributed by atoms with Gasteiger partial charge in [0.2, 0.25) is 5.89 Å². The maximum absolute atomic E-state index is 5.74. The van der Waals surface area contributed by atoms with Gasteiger partial charge < -0.3 is 10.3 Å². The first-order valence-electron chi connectivity index (χ1n) is 6.35. The van der Waals surface area contributed by atoms with Crippen molar-refractivity contribution in [3.63, 3.8) is 0 Å². The van der Waals surface area contributed by atoms with Crippen molar-refractivity contribution >= 4 is 0 Å². The molecule has 0 radical (unpaired) electrons. The highest BCUT2D eigenvalue weighted by atomic mass is 16.5. The highest BCUT2D eigenvalue weighted by Crippen LogP contribution is 2.52. The van der Waals surface area contributed by atoms with Crippen molar-refractivity contribution < 1.29 is 4.52 Å². The van der Waals surface area contributed by atoms with Gasteiger partial charge in [-0.3, -0.25) is 0 Å². The number of hydrogen-bond acceptors (Lipinski definition) is 4. The third kappa shape index (κ3) is 1.93. The number of rotatable bonds is 4. The Kier molecular flexibility index (Phi) is 2.67. The molecular formula is C14H17N3O. The summed E-state index contributed by atoms with van der Waals surface area (Å²) in [4.78, 5) is 4.50. The van der Waals surface area contributed by atoms with Crippen LogP contribution in [0.2, 0.25) is 0 Å². The van der Waals surface area contributed by atoms with E-state index in [1.54, 1.807) is 0 Å². The SMILES string of the molecule is CC(N)Cc1nc(C2(c3ccccc3)CC2)no1. The van der Waals surface area contributed by atoms with Crippen molar-refractivity contribution in [2.75, 3.05) is 0 Å². The molecule has 0 bridgehead atoms. The molecule has 1 aliphatic carbocycles. The quantitative estimate of drug-likeness (QED) is 0.892. The first kappa shape index (κ1) is 11.4. The Balaban J connectivity index is 1.89. The topological polar surface area (TPSA) is 64.9 Å². The van der Waals surface area contributed by atoms with Crippen LogP contribution in [0.5, 0.6) is 0 Å². The predicted octanol–water partition coefficient (Wildman–Crippen LogP) is 2.04. The van der Waals surface area contributed by atoms with Gasteiger partial charge in [0.1, 0.15) is 0 Å². The summed E-state index contributed by atoms with van der Waals surface area (Å²) in [6.45, 7) is 1.94. The maximum Gasteiger partial charge on any atom is 0.228 e. The van der Waals surface area contributed by atoms with Crippen molar-refractivity contribution in [2.45, 2.75) is 37.6 Å². The summed E-state index contributed by atoms with van der Waals surface area (Å²) in [5.74, 6) is 1.45. The summed E-state index contributed by atoms with van der Waals surface area (Å²) >= 11 is 0. The van der Waals surface area contributed by atoms with Gasteiger partial charge in [-0.15, -0.1) is 0 Å². The van der Waals surface area contributed by atoms with Gasteiger partial charge in [0.15, 0.2) is 5.82 Å². The Hall–Kier alpha value is -1.68. The fourth-order valence-corrected chi connectivity index (χ4v) is 2.33. The molecule has 0 spiro atoms. The van der Waals surface area contributed by atoms with Crippen LogP contribution in [-0.2, 0) is 11.8 Å². The lowest BCUT2D eigenvalue weighted by molar-refractivity contribution is 0.364. The van der Waals surface area contributed by atoms with Crippen molar-refractivity contribution in [3.8, 4) is 0 Å². The third-order valence-electron chi connectivity index (χ3n) is 3.47. The zero-order valence-corrected chi connectivity index (χ0v) is 10.5. The molecule has 0 aliphatic heterocycles. The monoisotopic (exact) mass is 243 g/mol. The summed E-state index contributed by atoms with van der Waals surface area (Å²) in [7, 11) is 0. The molecule has 94 valence electrons. The van der Waals surface area contributed by atoms with Crippen molar-refractivity contribution in [1.82, 2.24) is 10.1 Å². The predicted molar refractivity (Wildman–Crippen MR) is 68.1 cm³/mol. The molecule has 0 amide bonds. The number of hydrogen-bond donors (Lipinski definition) is 1. The number of aromatic nitrogens is 2. The Morgan fingerprint density at radius 3 is 2.67 bits per heavy atom. The van der Waals surface area contributed by atoms with E-state index < -0.39 is 0 Å². The number of nitrogens with two attached hydrogens (primary N) is 1. The van der Waals surface area contributed by atoms with Crippen molar-refractivity contribution in [3.05, 3.63) is 47.6 Å². The average molecular weight is 243 g/mol. The molecule has 1 saturated carbocycles. The molecule has 1 aliphatic rings. The minimum atomic E-state index is -0.0130. The Bertz CT molecular complexity index is 529. The van der Waals surface area contributed by atoms with Gasteiger partial charge in [-0.1, -0.05) is 35.5 Å². The summed E-state index contributed by atoms with van der Waals surface area (Å²) in [5, 5.41) is 4.14. The van der Waals surface area contributed by atoms with Crippen molar-refractivity contribution in [1.29, 1.82) is 0 Å². The maximum atomic E-state index is 5.74. The van der Waals surface area contributed by atoms with E-state index in [0.717, 1.165) is 18.7 Å². The van der Waals surface area contributed by atoms with Crippen LogP contribution in [0.25, 0.3) is 0 Å². The van der Waals surface area contributed by atoms with E-state index in [2.05, 4.69) is 34.4 Å². The van der Waals surface area contributed by atoms with E-state index in [1.165, 1.54) is 5.56 Å². The Morgan fingerprint density at radius 1 is 1.33 bits per heavy atom. The Labute approximate surface area is 106 Å². The molecular weight excluding hydrogens is 226 g/mol. The molecule has 4 heteroatoms. The highest BCUT2D eigenvalue weighted by molar-refractivity contribution is 5.38. The van der Waals surface area contributed by atoms with Crippen LogP contribution in [0.15, 0.2) is 34.9 Å². The van der Waals surface area contributed by atoms with Gasteiger partial charge in [-0.25, -0.2) is 0 Å². The van der Waals surface area contributed by atoms with Crippen LogP contribution in [-0.4, -0.2) is 16.2 Å². The molecule has 1 aromatic carbocycles. The highest BCUT2D eigenvalue weighted by Gasteiger charge is 2.49. The molecule has 18 heavy (non-hydrogen) atoms. The Morgan fingerprint density at radius 2 is 2.06 bits per heavy atom. The molecule has 1 atom stereocenters. The van der Waals surface area contributed by atoms with Gasteiger partial charge in [0.25, 0.3) is 0 Å². The lowest BCUT2D eigenvalue weighted by Gasteiger charge is -2.10. The van der Waals surface area contributed by atoms with E-state index >= 15 is 0 Å². The normalized spacial score (nSPS) is 18.6. The van der Waals surface area contributed by atoms with E-state index in [-0.39, 0.29) is 11.5 Å². The number of nitrogens with zero attached hydrogens (tertiary/aromatic N) is 2. The molecule has 1 heterocycles. The van der Waals surface area contributed by atoms with Gasteiger partial charge >= 0.3 is 0 Å². The van der Waals surface area contributed by atoms with E-state index in [0.29, 0.717) is 12.3 Å². The minimum absolute atomic E-state index is 0.0130. The lowest BCUT2D eigenvalue weighted by Crippen LogP contribution is -2.18. The van der Waals surface area contributed by atoms with Crippen LogP contribution in [0, 0.1) is 0 Å². The van der Waals surface area contributed by atoms with Gasteiger partial charge in [-0.05, 0) is 25.3 Å². The van der Waals surface area contributed by atoms with Crippen molar-refractivity contribution in [2.24, 2.45) is 5.73 Å². The molecule has 2 aromatic rings. The minimum Gasteiger partial charge on any atom is -0.339 e. The summed E-state index contributed by atoms with van der Waals surface area (Å²) in [6.07, 6.45) is 2.82. The largest absolute Gasteiger partial charge is 0.339 e. The van der Waals surface area contributed by atoms with Gasteiger partial charge in [-0.2, -0.15) is 4.98 Å². The fourth-order valence-electron chi connectivity index (χ4n) is 2.33. The molecule has 1 fully saturated rings. The fraction of sp³-hybridized carbons (Fsp3) is 0.429. The second-order valence-corrected chi connectivity index (χ2v) is 5.14. The molecule has 1 aromatic heterocycles. The summed E-state index contributed by atoms with van der Waals surface area (Å²) < 4.78 is 5.28. The van der Waals surface area contributed by atoms with Crippen LogP contribution in [0.3, 0.4) is 0 Å². The average Bonchev–Trinajstić information content (AvgIpc) is 3.05. The smallest absolute Gasteiger partial charge is 0.228 e. The molecule has 3 rings (SSSR count). The van der Waals surface area contributed by atoms with Crippen LogP contribution in [0.1, 0.15) is 37.0 Å². The molecule has 1 unspecified atom stereocenters. The summed E-state index contributed by atoms with van der Waals surface area (Å²) in [5.41, 5.74) is 7.00. The van der Waals surface area contributed by atoms with Gasteiger partial charge in [0.05, 0.1) is 5.41 Å². The van der Waals surface area contributed by atoms with E-state index in [4.69, 9.17) is 10.3 Å². The zero-order valence-electron chi connectivity index (χ0n) is 10.5. The lowest BCUT2D eigenvalue weighted by atomic mass is 9.95. The van der Waals surface area contributed by atoms with Gasteiger partial charge in [0, 0.05) is 12.5 Å². The van der Waals surface area contributed by atoms with E-state index in [9.17, 15) is 0 Å². The standard InChI is InChI=1S/C14H17N3O/c1-10(15)9-12-16-13(17-18-12)14(7-8-14)11-5-3-2-4-6-11/h2-6,10H,7-9,15H2,1H3. The second-order valence-electron chi connectivity index (χ2n) is 5.14. The van der Waals surface area contributed by atoms with Crippen LogP contribution in [0.4, 0.5) is 0 Å². The zero-order chi connectivity index (χ0) is 12.6. The number of benzene rings is 1.